The third-order valence-corrected chi connectivity index (χ3v) is 3.06. The first kappa shape index (κ1) is 12.7. The summed E-state index contributed by atoms with van der Waals surface area (Å²) in [4.78, 5) is 15.5. The standard InChI is InChI=1S/C15H19NO2/c1-9(2)7-11-8-12(17)14-10(3)5-6-13(18-4)15(14)16-11/h5-6,8-9H,7H2,1-4H3,(H,16,17). The highest BCUT2D eigenvalue weighted by molar-refractivity contribution is 5.87. The van der Waals surface area contributed by atoms with Gasteiger partial charge in [0.15, 0.2) is 5.43 Å². The summed E-state index contributed by atoms with van der Waals surface area (Å²) in [6.45, 7) is 6.21. The quantitative estimate of drug-likeness (QED) is 0.903. The highest BCUT2D eigenvalue weighted by Gasteiger charge is 2.10. The number of aromatic amines is 1. The summed E-state index contributed by atoms with van der Waals surface area (Å²) in [5, 5.41) is 0.724. The number of H-pyrrole nitrogens is 1. The maximum Gasteiger partial charge on any atom is 0.190 e. The summed E-state index contributed by atoms with van der Waals surface area (Å²) in [6.07, 6.45) is 0.863. The summed E-state index contributed by atoms with van der Waals surface area (Å²) < 4.78 is 5.33. The summed E-state index contributed by atoms with van der Waals surface area (Å²) in [6, 6.07) is 5.51. The second-order valence-electron chi connectivity index (χ2n) is 5.09. The first-order chi connectivity index (χ1) is 8.52. The first-order valence-corrected chi connectivity index (χ1v) is 6.22. The number of benzene rings is 1. The van der Waals surface area contributed by atoms with Crippen molar-refractivity contribution in [2.75, 3.05) is 7.11 Å². The molecular weight excluding hydrogens is 226 g/mol. The fraction of sp³-hybridized carbons (Fsp3) is 0.400. The second kappa shape index (κ2) is 4.84. The lowest BCUT2D eigenvalue weighted by Gasteiger charge is -2.11. The Balaban J connectivity index is 2.73. The van der Waals surface area contributed by atoms with Crippen LogP contribution in [0.15, 0.2) is 23.0 Å². The Morgan fingerprint density at radius 3 is 2.67 bits per heavy atom. The van der Waals surface area contributed by atoms with Gasteiger partial charge in [-0.05, 0) is 30.9 Å². The molecule has 18 heavy (non-hydrogen) atoms. The molecular formula is C15H19NO2. The minimum Gasteiger partial charge on any atom is -0.495 e. The topological polar surface area (TPSA) is 42.1 Å². The van der Waals surface area contributed by atoms with Crippen molar-refractivity contribution < 1.29 is 4.74 Å². The van der Waals surface area contributed by atoms with Gasteiger partial charge in [0.1, 0.15) is 5.75 Å². The lowest BCUT2D eigenvalue weighted by atomic mass is 10.0. The average molecular weight is 245 g/mol. The molecule has 1 aromatic heterocycles. The van der Waals surface area contributed by atoms with Gasteiger partial charge in [-0.3, -0.25) is 4.79 Å². The molecule has 0 aliphatic carbocycles. The number of rotatable bonds is 3. The molecule has 0 bridgehead atoms. The van der Waals surface area contributed by atoms with Crippen molar-refractivity contribution in [1.82, 2.24) is 4.98 Å². The molecule has 0 saturated heterocycles. The molecule has 0 amide bonds. The molecule has 0 unspecified atom stereocenters. The Bertz CT molecular complexity index is 626. The van der Waals surface area contributed by atoms with Crippen LogP contribution in [0.2, 0.25) is 0 Å². The Labute approximate surface area is 107 Å². The van der Waals surface area contributed by atoms with E-state index in [4.69, 9.17) is 4.74 Å². The second-order valence-corrected chi connectivity index (χ2v) is 5.09. The fourth-order valence-corrected chi connectivity index (χ4v) is 2.28. The van der Waals surface area contributed by atoms with Gasteiger partial charge in [0.05, 0.1) is 18.0 Å². The molecule has 0 aliphatic rings. The van der Waals surface area contributed by atoms with E-state index < -0.39 is 0 Å². The van der Waals surface area contributed by atoms with Crippen molar-refractivity contribution in [1.29, 1.82) is 0 Å². The highest BCUT2D eigenvalue weighted by Crippen LogP contribution is 2.24. The Morgan fingerprint density at radius 1 is 1.33 bits per heavy atom. The molecule has 2 aromatic rings. The van der Waals surface area contributed by atoms with E-state index in [2.05, 4.69) is 18.8 Å². The van der Waals surface area contributed by atoms with Crippen LogP contribution in [0.4, 0.5) is 0 Å². The summed E-state index contributed by atoms with van der Waals surface area (Å²) in [5.74, 6) is 1.23. The Hall–Kier alpha value is -1.77. The van der Waals surface area contributed by atoms with E-state index in [0.29, 0.717) is 5.92 Å². The molecule has 1 N–H and O–H groups in total. The van der Waals surface area contributed by atoms with Crippen LogP contribution in [0, 0.1) is 12.8 Å². The molecule has 3 heteroatoms. The SMILES string of the molecule is COc1ccc(C)c2c(=O)cc(CC(C)C)[nH]c12. The first-order valence-electron chi connectivity index (χ1n) is 6.22. The zero-order valence-electron chi connectivity index (χ0n) is 11.3. The van der Waals surface area contributed by atoms with Gasteiger partial charge < -0.3 is 9.72 Å². The van der Waals surface area contributed by atoms with Crippen LogP contribution in [0.25, 0.3) is 10.9 Å². The number of aryl methyl sites for hydroxylation is 1. The van der Waals surface area contributed by atoms with E-state index in [0.717, 1.165) is 34.3 Å². The number of methoxy groups -OCH3 is 1. The van der Waals surface area contributed by atoms with Gasteiger partial charge in [0, 0.05) is 11.8 Å². The number of ether oxygens (including phenoxy) is 1. The van der Waals surface area contributed by atoms with Gasteiger partial charge in [0.2, 0.25) is 0 Å². The largest absolute Gasteiger partial charge is 0.495 e. The van der Waals surface area contributed by atoms with E-state index in [9.17, 15) is 4.79 Å². The zero-order chi connectivity index (χ0) is 13.3. The Kier molecular flexibility index (Phi) is 3.41. The van der Waals surface area contributed by atoms with Crippen LogP contribution in [0.3, 0.4) is 0 Å². The minimum atomic E-state index is 0.0656. The molecule has 0 fully saturated rings. The Morgan fingerprint density at radius 2 is 2.06 bits per heavy atom. The van der Waals surface area contributed by atoms with E-state index in [1.165, 1.54) is 0 Å². The molecule has 0 radical (unpaired) electrons. The van der Waals surface area contributed by atoms with E-state index in [1.807, 2.05) is 19.1 Å². The van der Waals surface area contributed by atoms with Crippen molar-refractivity contribution in [3.63, 3.8) is 0 Å². The molecule has 1 aromatic carbocycles. The van der Waals surface area contributed by atoms with E-state index >= 15 is 0 Å². The third-order valence-electron chi connectivity index (χ3n) is 3.06. The molecule has 1 heterocycles. The minimum absolute atomic E-state index is 0.0656. The van der Waals surface area contributed by atoms with E-state index in [-0.39, 0.29) is 5.43 Å². The molecule has 2 rings (SSSR count). The summed E-state index contributed by atoms with van der Waals surface area (Å²) >= 11 is 0. The molecule has 3 nitrogen and oxygen atoms in total. The van der Waals surface area contributed by atoms with Crippen LogP contribution in [-0.4, -0.2) is 12.1 Å². The smallest absolute Gasteiger partial charge is 0.190 e. The molecule has 96 valence electrons. The van der Waals surface area contributed by atoms with Crippen molar-refractivity contribution in [3.8, 4) is 5.75 Å². The molecule has 0 aliphatic heterocycles. The van der Waals surface area contributed by atoms with E-state index in [1.54, 1.807) is 13.2 Å². The van der Waals surface area contributed by atoms with Crippen molar-refractivity contribution >= 4 is 10.9 Å². The monoisotopic (exact) mass is 245 g/mol. The lowest BCUT2D eigenvalue weighted by molar-refractivity contribution is 0.418. The molecule has 0 spiro atoms. The molecule has 0 saturated carbocycles. The normalized spacial score (nSPS) is 11.2. The van der Waals surface area contributed by atoms with Crippen molar-refractivity contribution in [3.05, 3.63) is 39.7 Å². The van der Waals surface area contributed by atoms with Crippen molar-refractivity contribution in [2.24, 2.45) is 5.92 Å². The number of hydrogen-bond acceptors (Lipinski definition) is 2. The third kappa shape index (κ3) is 2.26. The number of fused-ring (bicyclic) bond motifs is 1. The number of hydrogen-bond donors (Lipinski definition) is 1. The number of nitrogens with one attached hydrogen (secondary N) is 1. The van der Waals surface area contributed by atoms with Crippen molar-refractivity contribution in [2.45, 2.75) is 27.2 Å². The van der Waals surface area contributed by atoms with Crippen LogP contribution in [0.5, 0.6) is 5.75 Å². The van der Waals surface area contributed by atoms with Crippen LogP contribution < -0.4 is 10.2 Å². The predicted molar refractivity (Wildman–Crippen MR) is 74.4 cm³/mol. The lowest BCUT2D eigenvalue weighted by Crippen LogP contribution is -2.09. The van der Waals surface area contributed by atoms with Gasteiger partial charge in [-0.15, -0.1) is 0 Å². The predicted octanol–water partition coefficient (Wildman–Crippen LogP) is 3.04. The number of pyridine rings is 1. The number of aromatic nitrogens is 1. The van der Waals surface area contributed by atoms with Gasteiger partial charge in [0.25, 0.3) is 0 Å². The van der Waals surface area contributed by atoms with Crippen LogP contribution >= 0.6 is 0 Å². The molecule has 0 atom stereocenters. The van der Waals surface area contributed by atoms with Crippen LogP contribution in [0.1, 0.15) is 25.1 Å². The maximum absolute atomic E-state index is 12.2. The zero-order valence-corrected chi connectivity index (χ0v) is 11.3. The summed E-state index contributed by atoms with van der Waals surface area (Å²) in [5.41, 5.74) is 2.81. The van der Waals surface area contributed by atoms with Gasteiger partial charge >= 0.3 is 0 Å². The highest BCUT2D eigenvalue weighted by atomic mass is 16.5. The van der Waals surface area contributed by atoms with Gasteiger partial charge in [-0.2, -0.15) is 0 Å². The fourth-order valence-electron chi connectivity index (χ4n) is 2.28. The van der Waals surface area contributed by atoms with Crippen LogP contribution in [-0.2, 0) is 6.42 Å². The van der Waals surface area contributed by atoms with Gasteiger partial charge in [-0.25, -0.2) is 0 Å². The average Bonchev–Trinajstić information content (AvgIpc) is 2.28. The van der Waals surface area contributed by atoms with Gasteiger partial charge in [-0.1, -0.05) is 19.9 Å². The maximum atomic E-state index is 12.2. The summed E-state index contributed by atoms with van der Waals surface area (Å²) in [7, 11) is 1.62.